The Hall–Kier alpha value is -0.770. The van der Waals surface area contributed by atoms with Gasteiger partial charge in [-0.05, 0) is 0 Å². The average molecular weight is 157 g/mol. The predicted molar refractivity (Wildman–Crippen MR) is 41.7 cm³/mol. The number of rotatable bonds is 0. The lowest BCUT2D eigenvalue weighted by atomic mass is 10.4. The molecule has 1 N–H and O–H groups in total. The van der Waals surface area contributed by atoms with Crippen LogP contribution >= 0.6 is 11.8 Å². The van der Waals surface area contributed by atoms with E-state index in [0.717, 1.165) is 5.75 Å². The van der Waals surface area contributed by atoms with Crippen LogP contribution in [0.5, 0.6) is 0 Å². The lowest BCUT2D eigenvalue weighted by Crippen LogP contribution is -1.99. The quantitative estimate of drug-likeness (QED) is 0.545. The standard InChI is InChI=1S/C6H7NO2S/c8-6(9)7-5-3-1-2-4-10-5/h1-2H,3-4H2,(H,8,9). The first kappa shape index (κ1) is 7.34. The molecule has 0 aromatic carbocycles. The molecule has 10 heavy (non-hydrogen) atoms. The van der Waals surface area contributed by atoms with Gasteiger partial charge in [-0.25, -0.2) is 4.79 Å². The number of allylic oxidation sites excluding steroid dienone is 1. The summed E-state index contributed by atoms with van der Waals surface area (Å²) in [6, 6.07) is 0. The molecule has 0 unspecified atom stereocenters. The van der Waals surface area contributed by atoms with Crippen LogP contribution < -0.4 is 0 Å². The summed E-state index contributed by atoms with van der Waals surface area (Å²) in [6.45, 7) is 0. The fourth-order valence-corrected chi connectivity index (χ4v) is 1.42. The minimum absolute atomic E-state index is 0.664. The van der Waals surface area contributed by atoms with E-state index in [2.05, 4.69) is 4.99 Å². The first-order chi connectivity index (χ1) is 4.79. The van der Waals surface area contributed by atoms with Gasteiger partial charge in [0.15, 0.2) is 0 Å². The second-order valence-electron chi connectivity index (χ2n) is 1.77. The summed E-state index contributed by atoms with van der Waals surface area (Å²) in [4.78, 5) is 13.4. The zero-order valence-corrected chi connectivity index (χ0v) is 6.10. The van der Waals surface area contributed by atoms with Crippen LogP contribution in [0.4, 0.5) is 4.79 Å². The molecule has 0 aromatic heterocycles. The number of nitrogens with zero attached hydrogens (tertiary/aromatic N) is 1. The third kappa shape index (κ3) is 2.23. The molecule has 0 aromatic rings. The summed E-state index contributed by atoms with van der Waals surface area (Å²) in [5.74, 6) is 0.839. The molecule has 0 aliphatic carbocycles. The summed E-state index contributed by atoms with van der Waals surface area (Å²) >= 11 is 1.47. The van der Waals surface area contributed by atoms with Crippen molar-refractivity contribution in [3.63, 3.8) is 0 Å². The molecular weight excluding hydrogens is 150 g/mol. The van der Waals surface area contributed by atoms with Gasteiger partial charge in [0, 0.05) is 12.2 Å². The molecule has 0 spiro atoms. The predicted octanol–water partition coefficient (Wildman–Crippen LogP) is 1.76. The maximum absolute atomic E-state index is 10.0. The van der Waals surface area contributed by atoms with Gasteiger partial charge >= 0.3 is 6.09 Å². The Morgan fingerprint density at radius 1 is 1.70 bits per heavy atom. The first-order valence-electron chi connectivity index (χ1n) is 2.87. The van der Waals surface area contributed by atoms with Crippen molar-refractivity contribution < 1.29 is 9.90 Å². The van der Waals surface area contributed by atoms with Gasteiger partial charge in [0.1, 0.15) is 0 Å². The summed E-state index contributed by atoms with van der Waals surface area (Å²) in [7, 11) is 0. The van der Waals surface area contributed by atoms with E-state index in [1.807, 2.05) is 12.2 Å². The molecule has 1 amide bonds. The van der Waals surface area contributed by atoms with Crippen molar-refractivity contribution in [1.29, 1.82) is 0 Å². The maximum Gasteiger partial charge on any atom is 0.431 e. The number of carbonyl (C=O) groups is 1. The molecule has 0 saturated heterocycles. The second-order valence-corrected chi connectivity index (χ2v) is 2.87. The number of hydrogen-bond donors (Lipinski definition) is 1. The molecular formula is C6H7NO2S. The molecule has 1 rings (SSSR count). The summed E-state index contributed by atoms with van der Waals surface area (Å²) in [5, 5.41) is 8.93. The molecule has 0 fully saturated rings. The van der Waals surface area contributed by atoms with Crippen LogP contribution in [0.15, 0.2) is 17.1 Å². The largest absolute Gasteiger partial charge is 0.463 e. The SMILES string of the molecule is O=C(O)N=C1CC=CCS1. The highest BCUT2D eigenvalue weighted by Gasteiger charge is 2.03. The lowest BCUT2D eigenvalue weighted by Gasteiger charge is -2.03. The van der Waals surface area contributed by atoms with Crippen LogP contribution in [0.3, 0.4) is 0 Å². The van der Waals surface area contributed by atoms with E-state index in [0.29, 0.717) is 11.5 Å². The number of amides is 1. The molecule has 0 atom stereocenters. The van der Waals surface area contributed by atoms with E-state index in [1.54, 1.807) is 0 Å². The van der Waals surface area contributed by atoms with E-state index >= 15 is 0 Å². The van der Waals surface area contributed by atoms with Crippen LogP contribution in [0.25, 0.3) is 0 Å². The molecule has 1 heterocycles. The number of hydrogen-bond acceptors (Lipinski definition) is 2. The molecule has 4 heteroatoms. The monoisotopic (exact) mass is 157 g/mol. The Morgan fingerprint density at radius 2 is 2.50 bits per heavy atom. The van der Waals surface area contributed by atoms with Crippen molar-refractivity contribution in [1.82, 2.24) is 0 Å². The molecule has 1 aliphatic rings. The van der Waals surface area contributed by atoms with Crippen molar-refractivity contribution in [2.75, 3.05) is 5.75 Å². The number of aliphatic imine (C=N–C) groups is 1. The van der Waals surface area contributed by atoms with Crippen LogP contribution in [-0.2, 0) is 0 Å². The van der Waals surface area contributed by atoms with Gasteiger partial charge in [0.25, 0.3) is 0 Å². The Morgan fingerprint density at radius 3 is 3.00 bits per heavy atom. The molecule has 0 saturated carbocycles. The summed E-state index contributed by atoms with van der Waals surface area (Å²) in [6.07, 6.45) is 3.50. The fourth-order valence-electron chi connectivity index (χ4n) is 0.640. The Kier molecular flexibility index (Phi) is 2.50. The normalized spacial score (nSPS) is 21.4. The zero-order valence-electron chi connectivity index (χ0n) is 5.28. The van der Waals surface area contributed by atoms with E-state index < -0.39 is 6.09 Å². The highest BCUT2D eigenvalue weighted by atomic mass is 32.2. The summed E-state index contributed by atoms with van der Waals surface area (Å²) in [5.41, 5.74) is 0. The van der Waals surface area contributed by atoms with Gasteiger partial charge in [0.05, 0.1) is 5.04 Å². The average Bonchev–Trinajstić information content (AvgIpc) is 1.88. The molecule has 54 valence electrons. The van der Waals surface area contributed by atoms with Crippen molar-refractivity contribution in [2.24, 2.45) is 4.99 Å². The van der Waals surface area contributed by atoms with E-state index in [-0.39, 0.29) is 0 Å². The van der Waals surface area contributed by atoms with E-state index in [1.165, 1.54) is 11.8 Å². The first-order valence-corrected chi connectivity index (χ1v) is 3.86. The van der Waals surface area contributed by atoms with E-state index in [9.17, 15) is 4.79 Å². The molecule has 3 nitrogen and oxygen atoms in total. The third-order valence-electron chi connectivity index (χ3n) is 1.03. The zero-order chi connectivity index (χ0) is 7.40. The van der Waals surface area contributed by atoms with Gasteiger partial charge in [-0.2, -0.15) is 4.99 Å². The number of carboxylic acid groups (broad SMARTS) is 1. The topological polar surface area (TPSA) is 49.7 Å². The highest BCUT2D eigenvalue weighted by Crippen LogP contribution is 2.13. The van der Waals surface area contributed by atoms with Crippen molar-refractivity contribution in [2.45, 2.75) is 6.42 Å². The van der Waals surface area contributed by atoms with Crippen molar-refractivity contribution in [3.8, 4) is 0 Å². The summed E-state index contributed by atoms with van der Waals surface area (Å²) < 4.78 is 0. The van der Waals surface area contributed by atoms with Gasteiger partial charge in [-0.1, -0.05) is 12.2 Å². The van der Waals surface area contributed by atoms with Gasteiger partial charge in [-0.15, -0.1) is 11.8 Å². The van der Waals surface area contributed by atoms with Gasteiger partial charge < -0.3 is 5.11 Å². The lowest BCUT2D eigenvalue weighted by molar-refractivity contribution is 0.206. The van der Waals surface area contributed by atoms with Gasteiger partial charge in [-0.3, -0.25) is 0 Å². The van der Waals surface area contributed by atoms with Crippen molar-refractivity contribution >= 4 is 22.9 Å². The maximum atomic E-state index is 10.0. The number of thioether (sulfide) groups is 1. The molecule has 1 aliphatic heterocycles. The minimum atomic E-state index is -1.10. The third-order valence-corrected chi connectivity index (χ3v) is 1.98. The second kappa shape index (κ2) is 3.41. The fraction of sp³-hybridized carbons (Fsp3) is 0.333. The molecule has 0 radical (unpaired) electrons. The molecule has 0 bridgehead atoms. The highest BCUT2D eigenvalue weighted by molar-refractivity contribution is 8.14. The Labute approximate surface area is 62.8 Å². The smallest absolute Gasteiger partial charge is 0.431 e. The minimum Gasteiger partial charge on any atom is -0.463 e. The van der Waals surface area contributed by atoms with Crippen LogP contribution in [-0.4, -0.2) is 22.0 Å². The van der Waals surface area contributed by atoms with Crippen LogP contribution in [0.2, 0.25) is 0 Å². The Bertz CT molecular complexity index is 198. The van der Waals surface area contributed by atoms with Crippen molar-refractivity contribution in [3.05, 3.63) is 12.2 Å². The Balaban J connectivity index is 2.56. The van der Waals surface area contributed by atoms with E-state index in [4.69, 9.17) is 5.11 Å². The van der Waals surface area contributed by atoms with Crippen LogP contribution in [0.1, 0.15) is 6.42 Å². The van der Waals surface area contributed by atoms with Crippen LogP contribution in [0, 0.1) is 0 Å². The van der Waals surface area contributed by atoms with Gasteiger partial charge in [0.2, 0.25) is 0 Å².